The Bertz CT molecular complexity index is 771. The Morgan fingerprint density at radius 3 is 1.94 bits per heavy atom. The first kappa shape index (κ1) is 25.6. The monoisotopic (exact) mass is 442 g/mol. The summed E-state index contributed by atoms with van der Waals surface area (Å²) in [5, 5.41) is 11.9. The van der Waals surface area contributed by atoms with Gasteiger partial charge >= 0.3 is 0 Å². The molecular formula is C26H38N2O4. The van der Waals surface area contributed by atoms with Crippen LogP contribution in [-0.2, 0) is 14.4 Å². The third kappa shape index (κ3) is 8.48. The third-order valence-electron chi connectivity index (χ3n) is 5.93. The predicted molar refractivity (Wildman–Crippen MR) is 129 cm³/mol. The lowest BCUT2D eigenvalue weighted by Crippen LogP contribution is -2.24. The van der Waals surface area contributed by atoms with Crippen LogP contribution in [0.3, 0.4) is 0 Å². The van der Waals surface area contributed by atoms with Crippen LogP contribution in [0.5, 0.6) is 0 Å². The average Bonchev–Trinajstić information content (AvgIpc) is 3.08. The fraction of sp³-hybridized carbons (Fsp3) is 0.577. The van der Waals surface area contributed by atoms with Crippen molar-refractivity contribution >= 4 is 29.0 Å². The van der Waals surface area contributed by atoms with Gasteiger partial charge in [-0.2, -0.15) is 0 Å². The van der Waals surface area contributed by atoms with Crippen molar-refractivity contribution in [1.82, 2.24) is 0 Å². The molecule has 1 saturated heterocycles. The van der Waals surface area contributed by atoms with Gasteiger partial charge in [0.15, 0.2) is 5.78 Å². The molecule has 32 heavy (non-hydrogen) atoms. The van der Waals surface area contributed by atoms with Crippen LogP contribution in [0.2, 0.25) is 0 Å². The first-order valence-electron chi connectivity index (χ1n) is 12.2. The second-order valence-electron chi connectivity index (χ2n) is 8.59. The minimum absolute atomic E-state index is 0.0113. The number of nitrogens with one attached hydrogen (secondary N) is 1. The Morgan fingerprint density at radius 2 is 1.44 bits per heavy atom. The van der Waals surface area contributed by atoms with Crippen LogP contribution in [0.15, 0.2) is 36.1 Å². The highest BCUT2D eigenvalue weighted by Crippen LogP contribution is 2.24. The Labute approximate surface area is 192 Å². The van der Waals surface area contributed by atoms with E-state index in [4.69, 9.17) is 5.11 Å². The van der Waals surface area contributed by atoms with E-state index in [1.165, 1.54) is 69.1 Å². The number of Topliss-reactive ketones (excluding diaryl/α,β-unsaturated/α-hetero) is 1. The number of aliphatic hydroxyl groups is 1. The number of benzene rings is 1. The standard InChI is InChI=1S/C26H38N2O4/c1-2-3-4-5-6-7-8-9-10-11-12-13-14-25(31)27-21-15-17-22(18-16-21)28-19-24(30)23(20-29)26(28)32/h15-18,20,29H,2-14,19H2,1H3,(H,27,31)/b23-20-. The number of anilines is 2. The Hall–Kier alpha value is -2.63. The van der Waals surface area contributed by atoms with Gasteiger partial charge in [0.05, 0.1) is 12.8 Å². The first-order chi connectivity index (χ1) is 15.6. The molecule has 2 N–H and O–H groups in total. The largest absolute Gasteiger partial charge is 0.515 e. The van der Waals surface area contributed by atoms with E-state index >= 15 is 0 Å². The lowest BCUT2D eigenvalue weighted by molar-refractivity contribution is -0.117. The molecule has 0 aromatic heterocycles. The van der Waals surface area contributed by atoms with Gasteiger partial charge in [0.2, 0.25) is 5.91 Å². The minimum Gasteiger partial charge on any atom is -0.515 e. The molecule has 1 heterocycles. The van der Waals surface area contributed by atoms with Crippen molar-refractivity contribution in [1.29, 1.82) is 0 Å². The highest BCUT2D eigenvalue weighted by Gasteiger charge is 2.34. The molecular weight excluding hydrogens is 404 g/mol. The molecule has 0 saturated carbocycles. The highest BCUT2D eigenvalue weighted by atomic mass is 16.2. The normalized spacial score (nSPS) is 15.0. The molecule has 0 aliphatic carbocycles. The Morgan fingerprint density at radius 1 is 0.906 bits per heavy atom. The summed E-state index contributed by atoms with van der Waals surface area (Å²) in [6, 6.07) is 6.80. The van der Waals surface area contributed by atoms with Crippen LogP contribution in [0.4, 0.5) is 11.4 Å². The van der Waals surface area contributed by atoms with Crippen LogP contribution in [-0.4, -0.2) is 29.2 Å². The number of rotatable bonds is 15. The molecule has 2 amide bonds. The molecule has 0 bridgehead atoms. The molecule has 1 aliphatic rings. The van der Waals surface area contributed by atoms with E-state index in [-0.39, 0.29) is 18.0 Å². The van der Waals surface area contributed by atoms with Gasteiger partial charge in [-0.05, 0) is 30.7 Å². The van der Waals surface area contributed by atoms with E-state index in [2.05, 4.69) is 12.2 Å². The molecule has 176 valence electrons. The molecule has 0 atom stereocenters. The van der Waals surface area contributed by atoms with Crippen molar-refractivity contribution in [3.63, 3.8) is 0 Å². The van der Waals surface area contributed by atoms with Crippen molar-refractivity contribution < 1.29 is 19.5 Å². The summed E-state index contributed by atoms with van der Waals surface area (Å²) in [5.41, 5.74) is 1.01. The first-order valence-corrected chi connectivity index (χ1v) is 12.2. The molecule has 6 nitrogen and oxygen atoms in total. The van der Waals surface area contributed by atoms with Gasteiger partial charge in [-0.1, -0.05) is 77.6 Å². The number of hydrogen-bond acceptors (Lipinski definition) is 4. The molecule has 6 heteroatoms. The second kappa shape index (κ2) is 14.4. The fourth-order valence-electron chi connectivity index (χ4n) is 3.98. The molecule has 1 aliphatic heterocycles. The molecule has 1 aromatic rings. The number of carbonyl (C=O) groups is 3. The fourth-order valence-corrected chi connectivity index (χ4v) is 3.98. The molecule has 0 unspecified atom stereocenters. The number of ketones is 1. The van der Waals surface area contributed by atoms with Gasteiger partial charge in [0.1, 0.15) is 5.57 Å². The van der Waals surface area contributed by atoms with Crippen LogP contribution in [0.25, 0.3) is 0 Å². The van der Waals surface area contributed by atoms with Gasteiger partial charge in [0.25, 0.3) is 5.91 Å². The summed E-state index contributed by atoms with van der Waals surface area (Å²) in [6.07, 6.45) is 16.3. The number of aliphatic hydroxyl groups excluding tert-OH is 1. The maximum Gasteiger partial charge on any atom is 0.265 e. The molecule has 1 fully saturated rings. The summed E-state index contributed by atoms with van der Waals surface area (Å²) in [6.45, 7) is 2.16. The van der Waals surface area contributed by atoms with Crippen LogP contribution < -0.4 is 10.2 Å². The van der Waals surface area contributed by atoms with Crippen LogP contribution >= 0.6 is 0 Å². The molecule has 0 spiro atoms. The number of nitrogens with zero attached hydrogens (tertiary/aromatic N) is 1. The molecule has 1 aromatic carbocycles. The number of carbonyl (C=O) groups excluding carboxylic acids is 3. The zero-order chi connectivity index (χ0) is 23.2. The van der Waals surface area contributed by atoms with Gasteiger partial charge < -0.3 is 15.3 Å². The van der Waals surface area contributed by atoms with E-state index in [1.54, 1.807) is 24.3 Å². The quantitative estimate of drug-likeness (QED) is 0.149. The van der Waals surface area contributed by atoms with E-state index in [0.717, 1.165) is 12.8 Å². The third-order valence-corrected chi connectivity index (χ3v) is 5.93. The smallest absolute Gasteiger partial charge is 0.265 e. The Balaban J connectivity index is 1.56. The summed E-state index contributed by atoms with van der Waals surface area (Å²) in [5.74, 6) is -0.929. The number of unbranched alkanes of at least 4 members (excludes halogenated alkanes) is 11. The highest BCUT2D eigenvalue weighted by molar-refractivity contribution is 6.31. The number of amides is 2. The van der Waals surface area contributed by atoms with E-state index in [1.807, 2.05) is 0 Å². The zero-order valence-corrected chi connectivity index (χ0v) is 19.4. The lowest BCUT2D eigenvalue weighted by atomic mass is 10.0. The summed E-state index contributed by atoms with van der Waals surface area (Å²) in [4.78, 5) is 37.3. The summed E-state index contributed by atoms with van der Waals surface area (Å²) in [7, 11) is 0. The van der Waals surface area contributed by atoms with Crippen molar-refractivity contribution in [2.45, 2.75) is 90.4 Å². The SMILES string of the molecule is CCCCCCCCCCCCCCC(=O)Nc1ccc(N2CC(=O)/C(=C/O)C2=O)cc1. The lowest BCUT2D eigenvalue weighted by Gasteiger charge is -2.15. The van der Waals surface area contributed by atoms with Gasteiger partial charge in [-0.15, -0.1) is 0 Å². The second-order valence-corrected chi connectivity index (χ2v) is 8.59. The van der Waals surface area contributed by atoms with E-state index in [9.17, 15) is 14.4 Å². The maximum absolute atomic E-state index is 12.2. The van der Waals surface area contributed by atoms with Gasteiger partial charge in [-0.3, -0.25) is 14.4 Å². The van der Waals surface area contributed by atoms with Gasteiger partial charge in [0, 0.05) is 17.8 Å². The number of hydrogen-bond donors (Lipinski definition) is 2. The summed E-state index contributed by atoms with van der Waals surface area (Å²) < 4.78 is 0. The van der Waals surface area contributed by atoms with Crippen molar-refractivity contribution in [3.05, 3.63) is 36.1 Å². The molecule has 2 rings (SSSR count). The van der Waals surface area contributed by atoms with Gasteiger partial charge in [-0.25, -0.2) is 0 Å². The topological polar surface area (TPSA) is 86.7 Å². The maximum atomic E-state index is 12.2. The molecule has 0 radical (unpaired) electrons. The predicted octanol–water partition coefficient (Wildman–Crippen LogP) is 6.07. The van der Waals surface area contributed by atoms with Crippen LogP contribution in [0.1, 0.15) is 90.4 Å². The summed E-state index contributed by atoms with van der Waals surface area (Å²) >= 11 is 0. The van der Waals surface area contributed by atoms with Crippen LogP contribution in [0, 0.1) is 0 Å². The Kier molecular flexibility index (Phi) is 11.6. The zero-order valence-electron chi connectivity index (χ0n) is 19.4. The van der Waals surface area contributed by atoms with E-state index in [0.29, 0.717) is 24.1 Å². The minimum atomic E-state index is -0.513. The van der Waals surface area contributed by atoms with Crippen molar-refractivity contribution in [2.24, 2.45) is 0 Å². The van der Waals surface area contributed by atoms with Crippen molar-refractivity contribution in [2.75, 3.05) is 16.8 Å². The van der Waals surface area contributed by atoms with E-state index < -0.39 is 11.7 Å². The average molecular weight is 443 g/mol. The van der Waals surface area contributed by atoms with Crippen molar-refractivity contribution in [3.8, 4) is 0 Å².